The van der Waals surface area contributed by atoms with E-state index in [9.17, 15) is 0 Å². The third-order valence-electron chi connectivity index (χ3n) is 2.30. The van der Waals surface area contributed by atoms with Crippen LogP contribution in [0.15, 0.2) is 42.5 Å². The fraction of sp³-hybridized carbons (Fsp3) is 0.444. The van der Waals surface area contributed by atoms with Crippen LogP contribution >= 0.6 is 0 Å². The van der Waals surface area contributed by atoms with Crippen LogP contribution in [0.5, 0.6) is 5.75 Å². The summed E-state index contributed by atoms with van der Waals surface area (Å²) in [5, 5.41) is 2.49. The molecule has 0 aliphatic rings. The summed E-state index contributed by atoms with van der Waals surface area (Å²) in [6, 6.07) is 14.6. The fourth-order valence-corrected chi connectivity index (χ4v) is 1.52. The van der Waals surface area contributed by atoms with Crippen molar-refractivity contribution in [2.24, 2.45) is 5.92 Å². The van der Waals surface area contributed by atoms with Gasteiger partial charge in [0.1, 0.15) is 5.75 Å². The Hall–Kier alpha value is -1.50. The highest BCUT2D eigenvalue weighted by Gasteiger charge is 1.98. The molecule has 1 heteroatoms. The van der Waals surface area contributed by atoms with Gasteiger partial charge in [0.25, 0.3) is 0 Å². The van der Waals surface area contributed by atoms with E-state index in [-0.39, 0.29) is 0 Å². The van der Waals surface area contributed by atoms with Crippen LogP contribution < -0.4 is 4.74 Å². The SMILES string of the molecule is CC.CC.CC(C)COc1ccc2ccccc2c1. The Kier molecular flexibility index (Phi) is 9.60. The molecule has 2 aromatic carbocycles. The monoisotopic (exact) mass is 260 g/mol. The molecule has 0 heterocycles. The summed E-state index contributed by atoms with van der Waals surface area (Å²) in [4.78, 5) is 0. The summed E-state index contributed by atoms with van der Waals surface area (Å²) in [5.74, 6) is 1.53. The van der Waals surface area contributed by atoms with Gasteiger partial charge in [-0.25, -0.2) is 0 Å². The summed E-state index contributed by atoms with van der Waals surface area (Å²) in [7, 11) is 0. The van der Waals surface area contributed by atoms with Gasteiger partial charge in [-0.05, 0) is 28.8 Å². The zero-order valence-corrected chi connectivity index (χ0v) is 13.2. The molecule has 0 unspecified atom stereocenters. The molecule has 0 fully saturated rings. The molecule has 0 radical (unpaired) electrons. The average Bonchev–Trinajstić information content (AvgIpc) is 2.49. The minimum atomic E-state index is 0.566. The zero-order chi connectivity index (χ0) is 14.7. The van der Waals surface area contributed by atoms with Crippen molar-refractivity contribution < 1.29 is 4.74 Å². The van der Waals surface area contributed by atoms with Gasteiger partial charge >= 0.3 is 0 Å². The van der Waals surface area contributed by atoms with Crippen LogP contribution in [0.25, 0.3) is 10.8 Å². The van der Waals surface area contributed by atoms with Crippen molar-refractivity contribution >= 4 is 10.8 Å². The topological polar surface area (TPSA) is 9.23 Å². The molecule has 0 saturated carbocycles. The third kappa shape index (κ3) is 6.28. The quantitative estimate of drug-likeness (QED) is 0.665. The molecule has 0 atom stereocenters. The first-order valence-electron chi connectivity index (χ1n) is 7.37. The first-order valence-corrected chi connectivity index (χ1v) is 7.37. The largest absolute Gasteiger partial charge is 0.493 e. The van der Waals surface area contributed by atoms with Crippen LogP contribution in [-0.2, 0) is 0 Å². The fourth-order valence-electron chi connectivity index (χ4n) is 1.52. The lowest BCUT2D eigenvalue weighted by atomic mass is 10.1. The van der Waals surface area contributed by atoms with E-state index in [0.717, 1.165) is 12.4 Å². The Morgan fingerprint density at radius 3 is 2.00 bits per heavy atom. The molecule has 0 bridgehead atoms. The molecule has 0 spiro atoms. The molecule has 106 valence electrons. The summed E-state index contributed by atoms with van der Waals surface area (Å²) in [6.07, 6.45) is 0. The number of hydrogen-bond donors (Lipinski definition) is 0. The highest BCUT2D eigenvalue weighted by molar-refractivity contribution is 5.83. The standard InChI is InChI=1S/C14H16O.2C2H6/c1-11(2)10-15-14-8-7-12-5-3-4-6-13(12)9-14;2*1-2/h3-9,11H,10H2,1-2H3;2*1-2H3. The Balaban J connectivity index is 0.000000741. The van der Waals surface area contributed by atoms with E-state index < -0.39 is 0 Å². The summed E-state index contributed by atoms with van der Waals surface area (Å²) >= 11 is 0. The van der Waals surface area contributed by atoms with Gasteiger partial charge in [-0.15, -0.1) is 0 Å². The Morgan fingerprint density at radius 2 is 1.42 bits per heavy atom. The van der Waals surface area contributed by atoms with Gasteiger partial charge in [0.15, 0.2) is 0 Å². The predicted octanol–water partition coefficient (Wildman–Crippen LogP) is 5.93. The molecule has 0 amide bonds. The second-order valence-corrected chi connectivity index (χ2v) is 4.21. The lowest BCUT2D eigenvalue weighted by Gasteiger charge is -2.09. The number of rotatable bonds is 3. The molecule has 19 heavy (non-hydrogen) atoms. The van der Waals surface area contributed by atoms with E-state index in [1.165, 1.54) is 10.8 Å². The van der Waals surface area contributed by atoms with Gasteiger partial charge in [-0.2, -0.15) is 0 Å². The van der Waals surface area contributed by atoms with Crippen molar-refractivity contribution in [1.29, 1.82) is 0 Å². The van der Waals surface area contributed by atoms with Crippen LogP contribution in [0, 0.1) is 5.92 Å². The summed E-state index contributed by atoms with van der Waals surface area (Å²) in [5.41, 5.74) is 0. The van der Waals surface area contributed by atoms with E-state index in [0.29, 0.717) is 5.92 Å². The van der Waals surface area contributed by atoms with Crippen LogP contribution in [-0.4, -0.2) is 6.61 Å². The van der Waals surface area contributed by atoms with Crippen molar-refractivity contribution in [3.05, 3.63) is 42.5 Å². The maximum absolute atomic E-state index is 5.68. The maximum Gasteiger partial charge on any atom is 0.119 e. The van der Waals surface area contributed by atoms with Gasteiger partial charge in [0, 0.05) is 0 Å². The second kappa shape index (κ2) is 10.4. The third-order valence-corrected chi connectivity index (χ3v) is 2.30. The molecule has 1 nitrogen and oxygen atoms in total. The normalized spacial score (nSPS) is 9.21. The average molecular weight is 260 g/mol. The van der Waals surface area contributed by atoms with E-state index in [1.54, 1.807) is 0 Å². The van der Waals surface area contributed by atoms with Crippen LogP contribution in [0.2, 0.25) is 0 Å². The molecule has 2 rings (SSSR count). The predicted molar refractivity (Wildman–Crippen MR) is 87.0 cm³/mol. The van der Waals surface area contributed by atoms with Crippen molar-refractivity contribution in [3.63, 3.8) is 0 Å². The lowest BCUT2D eigenvalue weighted by Crippen LogP contribution is -2.04. The Labute approximate surface area is 118 Å². The number of benzene rings is 2. The van der Waals surface area contributed by atoms with Gasteiger partial charge in [-0.3, -0.25) is 0 Å². The van der Waals surface area contributed by atoms with Gasteiger partial charge in [-0.1, -0.05) is 71.9 Å². The first-order chi connectivity index (χ1) is 9.25. The zero-order valence-electron chi connectivity index (χ0n) is 13.2. The number of fused-ring (bicyclic) bond motifs is 1. The second-order valence-electron chi connectivity index (χ2n) is 4.21. The van der Waals surface area contributed by atoms with Gasteiger partial charge in [0.05, 0.1) is 6.61 Å². The van der Waals surface area contributed by atoms with Crippen molar-refractivity contribution in [2.45, 2.75) is 41.5 Å². The van der Waals surface area contributed by atoms with Gasteiger partial charge in [0.2, 0.25) is 0 Å². The molecule has 0 aliphatic heterocycles. The van der Waals surface area contributed by atoms with Crippen LogP contribution in [0.4, 0.5) is 0 Å². The molecule has 0 N–H and O–H groups in total. The minimum Gasteiger partial charge on any atom is -0.493 e. The van der Waals surface area contributed by atoms with Crippen LogP contribution in [0.1, 0.15) is 41.5 Å². The van der Waals surface area contributed by atoms with E-state index >= 15 is 0 Å². The summed E-state index contributed by atoms with van der Waals surface area (Å²) in [6.45, 7) is 13.1. The molecule has 0 aromatic heterocycles. The van der Waals surface area contributed by atoms with Crippen LogP contribution in [0.3, 0.4) is 0 Å². The van der Waals surface area contributed by atoms with Crippen molar-refractivity contribution in [1.82, 2.24) is 0 Å². The maximum atomic E-state index is 5.68. The lowest BCUT2D eigenvalue weighted by molar-refractivity contribution is 0.271. The van der Waals surface area contributed by atoms with E-state index in [1.807, 2.05) is 33.8 Å². The molecule has 0 aliphatic carbocycles. The molecule has 0 saturated heterocycles. The van der Waals surface area contributed by atoms with Crippen molar-refractivity contribution in [2.75, 3.05) is 6.61 Å². The number of hydrogen-bond acceptors (Lipinski definition) is 1. The van der Waals surface area contributed by atoms with E-state index in [4.69, 9.17) is 4.74 Å². The Morgan fingerprint density at radius 1 is 0.842 bits per heavy atom. The van der Waals surface area contributed by atoms with E-state index in [2.05, 4.69) is 50.2 Å². The summed E-state index contributed by atoms with van der Waals surface area (Å²) < 4.78 is 5.68. The molecular weight excluding hydrogens is 232 g/mol. The smallest absolute Gasteiger partial charge is 0.119 e. The molecule has 2 aromatic rings. The van der Waals surface area contributed by atoms with Gasteiger partial charge < -0.3 is 4.74 Å². The highest BCUT2D eigenvalue weighted by atomic mass is 16.5. The number of ether oxygens (including phenoxy) is 1. The Bertz CT molecular complexity index is 446. The highest BCUT2D eigenvalue weighted by Crippen LogP contribution is 2.20. The van der Waals surface area contributed by atoms with Crippen molar-refractivity contribution in [3.8, 4) is 5.75 Å². The minimum absolute atomic E-state index is 0.566. The molecular formula is C18H28O. The first kappa shape index (κ1) is 17.5.